The van der Waals surface area contributed by atoms with Crippen molar-refractivity contribution in [1.29, 1.82) is 0 Å². The van der Waals surface area contributed by atoms with Crippen LogP contribution in [0, 0.1) is 0 Å². The summed E-state index contributed by atoms with van der Waals surface area (Å²) in [5.74, 6) is 0.231. The highest BCUT2D eigenvalue weighted by Gasteiger charge is 2.46. The summed E-state index contributed by atoms with van der Waals surface area (Å²) in [7, 11) is -3.88. The summed E-state index contributed by atoms with van der Waals surface area (Å²) in [6.45, 7) is 1.70. The smallest absolute Gasteiger partial charge is 0.168 e. The molecule has 0 amide bonds. The highest BCUT2D eigenvalue weighted by molar-refractivity contribution is 7.96. The number of Topliss-reactive ketones (excluding diaryl/α,β-unsaturated/α-hetero) is 1. The van der Waals surface area contributed by atoms with E-state index >= 15 is 0 Å². The molecule has 0 unspecified atom stereocenters. The molecule has 0 N–H and O–H groups in total. The third kappa shape index (κ3) is 7.10. The zero-order valence-electron chi connectivity index (χ0n) is 25.5. The fraction of sp³-hybridized carbons (Fsp3) is 0.0732. The molecule has 0 radical (unpaired) electrons. The summed E-state index contributed by atoms with van der Waals surface area (Å²) in [5, 5.41) is 7.52. The Hall–Kier alpha value is -4.48. The molecule has 2 nitrogen and oxygen atoms in total. The van der Waals surface area contributed by atoms with Crippen LogP contribution < -0.4 is 31.8 Å². The number of hydrogen-bond donors (Lipinski definition) is 0. The van der Waals surface area contributed by atoms with Crippen LogP contribution in [0.5, 0.6) is 0 Å². The quantitative estimate of drug-likeness (QED) is 0.125. The summed E-state index contributed by atoms with van der Waals surface area (Å²) in [6.07, 6.45) is 2.16. The van der Waals surface area contributed by atoms with Gasteiger partial charge in [0, 0.05) is 0 Å². The third-order valence-corrected chi connectivity index (χ3v) is 16.7. The van der Waals surface area contributed by atoms with E-state index in [-0.39, 0.29) is 5.78 Å². The maximum absolute atomic E-state index is 12.2. The summed E-state index contributed by atoms with van der Waals surface area (Å²) < 4.78 is 0. The van der Waals surface area contributed by atoms with E-state index in [1.54, 1.807) is 6.92 Å². The Kier molecular flexibility index (Phi) is 11.0. The lowest BCUT2D eigenvalue weighted by Crippen LogP contribution is -2.35. The lowest BCUT2D eigenvalue weighted by molar-refractivity contribution is -0.114. The van der Waals surface area contributed by atoms with Crippen molar-refractivity contribution in [3.05, 3.63) is 182 Å². The lowest BCUT2D eigenvalue weighted by Gasteiger charge is -2.26. The minimum atomic E-state index is -1.96. The van der Waals surface area contributed by atoms with E-state index in [4.69, 9.17) is 0 Å². The SMILES string of the molecule is CC(=O)C[P+](c1ccccc1)(c1ccccc1)c1ccccc1.O=CC[P+](c1ccccc1)(c1ccccc1)c1ccccc1. The predicted octanol–water partition coefficient (Wildman–Crippen LogP) is 6.75. The largest absolute Gasteiger partial charge is 0.299 e. The number of hydrogen-bond acceptors (Lipinski definition) is 2. The molecule has 0 saturated carbocycles. The number of ketones is 1. The molecule has 0 atom stereocenters. The van der Waals surface area contributed by atoms with Gasteiger partial charge >= 0.3 is 0 Å². The van der Waals surface area contributed by atoms with Gasteiger partial charge in [0.15, 0.2) is 12.1 Å². The van der Waals surface area contributed by atoms with Gasteiger partial charge in [-0.25, -0.2) is 0 Å². The number of aldehydes is 1. The molecule has 0 aliphatic heterocycles. The number of carbonyl (C=O) groups is 2. The van der Waals surface area contributed by atoms with Gasteiger partial charge in [-0.2, -0.15) is 0 Å². The molecule has 222 valence electrons. The van der Waals surface area contributed by atoms with Gasteiger partial charge in [-0.1, -0.05) is 109 Å². The van der Waals surface area contributed by atoms with Crippen molar-refractivity contribution in [2.75, 3.05) is 12.3 Å². The molecule has 45 heavy (non-hydrogen) atoms. The van der Waals surface area contributed by atoms with E-state index in [1.165, 1.54) is 31.8 Å². The zero-order valence-corrected chi connectivity index (χ0v) is 27.3. The van der Waals surface area contributed by atoms with Crippen LogP contribution in [0.2, 0.25) is 0 Å². The number of benzene rings is 6. The first-order chi connectivity index (χ1) is 22.1. The van der Waals surface area contributed by atoms with Crippen LogP contribution in [0.25, 0.3) is 0 Å². The molecule has 0 aliphatic carbocycles. The molecule has 0 heterocycles. The highest BCUT2D eigenvalue weighted by atomic mass is 31.2. The van der Waals surface area contributed by atoms with Gasteiger partial charge in [0.05, 0.1) is 0 Å². The minimum Gasteiger partial charge on any atom is -0.299 e. The fourth-order valence-electron chi connectivity index (χ4n) is 6.03. The maximum Gasteiger partial charge on any atom is 0.168 e. The molecule has 6 rings (SSSR count). The van der Waals surface area contributed by atoms with E-state index < -0.39 is 14.5 Å². The number of carbonyl (C=O) groups excluding carboxylic acids is 2. The standard InChI is InChI=1S/C21H20OP.C20H18OP/c1-18(22)17-23(19-11-5-2-6-12-19,20-13-7-3-8-14-20)21-15-9-4-10-16-21;21-16-17-22(18-10-4-1-5-11-18,19-12-6-2-7-13-19)20-14-8-3-9-15-20/h2-16H,17H2,1H3;1-16H,17H2/q2*+1. The van der Waals surface area contributed by atoms with Crippen LogP contribution >= 0.6 is 14.5 Å². The Bertz CT molecular complexity index is 1570. The Morgan fingerprint density at radius 3 is 0.844 bits per heavy atom. The molecular formula is C41H38O2P2+2. The van der Waals surface area contributed by atoms with Gasteiger partial charge in [0.2, 0.25) is 0 Å². The van der Waals surface area contributed by atoms with Crippen LogP contribution in [0.4, 0.5) is 0 Å². The average molecular weight is 625 g/mol. The first-order valence-electron chi connectivity index (χ1n) is 15.1. The zero-order chi connectivity index (χ0) is 31.4. The van der Waals surface area contributed by atoms with Crippen LogP contribution in [0.3, 0.4) is 0 Å². The fourth-order valence-corrected chi connectivity index (χ4v) is 14.0. The summed E-state index contributed by atoms with van der Waals surface area (Å²) in [6, 6.07) is 62.8. The first kappa shape index (κ1) is 31.9. The van der Waals surface area contributed by atoms with Gasteiger partial charge in [-0.15, -0.1) is 0 Å². The molecule has 0 saturated heterocycles. The minimum absolute atomic E-state index is 0.231. The summed E-state index contributed by atoms with van der Waals surface area (Å²) in [4.78, 5) is 23.8. The van der Waals surface area contributed by atoms with Crippen molar-refractivity contribution in [3.8, 4) is 0 Å². The molecule has 6 aromatic carbocycles. The summed E-state index contributed by atoms with van der Waals surface area (Å²) >= 11 is 0. The van der Waals surface area contributed by atoms with Crippen LogP contribution in [-0.4, -0.2) is 24.4 Å². The van der Waals surface area contributed by atoms with E-state index in [9.17, 15) is 9.59 Å². The average Bonchev–Trinajstić information content (AvgIpc) is 3.12. The Labute approximate surface area is 268 Å². The molecular weight excluding hydrogens is 586 g/mol. The Morgan fingerprint density at radius 1 is 0.422 bits per heavy atom. The number of rotatable bonds is 10. The van der Waals surface area contributed by atoms with Crippen LogP contribution in [0.1, 0.15) is 6.92 Å². The second-order valence-electron chi connectivity index (χ2n) is 10.8. The van der Waals surface area contributed by atoms with E-state index in [1.807, 2.05) is 36.4 Å². The van der Waals surface area contributed by atoms with Crippen LogP contribution in [0.15, 0.2) is 182 Å². The first-order valence-corrected chi connectivity index (χ1v) is 19.1. The molecule has 0 aromatic heterocycles. The molecule has 0 fully saturated rings. The molecule has 0 bridgehead atoms. The topological polar surface area (TPSA) is 34.1 Å². The van der Waals surface area contributed by atoms with E-state index in [0.29, 0.717) is 12.3 Å². The summed E-state index contributed by atoms with van der Waals surface area (Å²) in [5.41, 5.74) is 0. The van der Waals surface area contributed by atoms with Crippen LogP contribution in [-0.2, 0) is 9.59 Å². The Balaban J connectivity index is 0.000000178. The van der Waals surface area contributed by atoms with Gasteiger partial charge in [0.25, 0.3) is 0 Å². The monoisotopic (exact) mass is 624 g/mol. The third-order valence-electron chi connectivity index (χ3n) is 7.99. The molecule has 0 spiro atoms. The van der Waals surface area contributed by atoms with Gasteiger partial charge in [-0.3, -0.25) is 9.59 Å². The molecule has 6 aromatic rings. The van der Waals surface area contributed by atoms with Crippen molar-refractivity contribution >= 4 is 58.4 Å². The van der Waals surface area contributed by atoms with Crippen molar-refractivity contribution in [1.82, 2.24) is 0 Å². The van der Waals surface area contributed by atoms with Gasteiger partial charge in [-0.05, 0) is 79.7 Å². The molecule has 4 heteroatoms. The van der Waals surface area contributed by atoms with Gasteiger partial charge in [0.1, 0.15) is 58.7 Å². The molecule has 0 aliphatic rings. The maximum atomic E-state index is 12.2. The van der Waals surface area contributed by atoms with Crippen molar-refractivity contribution < 1.29 is 9.59 Å². The second-order valence-corrected chi connectivity index (χ2v) is 17.9. The Morgan fingerprint density at radius 2 is 0.644 bits per heavy atom. The van der Waals surface area contributed by atoms with Crippen molar-refractivity contribution in [2.45, 2.75) is 6.92 Å². The highest BCUT2D eigenvalue weighted by Crippen LogP contribution is 2.55. The van der Waals surface area contributed by atoms with Crippen molar-refractivity contribution in [2.24, 2.45) is 0 Å². The van der Waals surface area contributed by atoms with Gasteiger partial charge < -0.3 is 0 Å². The second kappa shape index (κ2) is 15.5. The van der Waals surface area contributed by atoms with E-state index in [0.717, 1.165) is 6.29 Å². The predicted molar refractivity (Wildman–Crippen MR) is 197 cm³/mol. The van der Waals surface area contributed by atoms with E-state index in [2.05, 4.69) is 146 Å². The normalized spacial score (nSPS) is 11.1. The van der Waals surface area contributed by atoms with Crippen molar-refractivity contribution in [3.63, 3.8) is 0 Å². The lowest BCUT2D eigenvalue weighted by atomic mass is 10.4.